The molecule has 2 aromatic rings. The van der Waals surface area contributed by atoms with Gasteiger partial charge in [0.15, 0.2) is 5.13 Å². The average Bonchev–Trinajstić information content (AvgIpc) is 3.12. The lowest BCUT2D eigenvalue weighted by molar-refractivity contribution is -0.122. The fourth-order valence-corrected chi connectivity index (χ4v) is 5.03. The van der Waals surface area contributed by atoms with Gasteiger partial charge in [-0.3, -0.25) is 4.79 Å². The molecule has 5 nitrogen and oxygen atoms in total. The first-order valence-corrected chi connectivity index (χ1v) is 10.7. The summed E-state index contributed by atoms with van der Waals surface area (Å²) in [5.41, 5.74) is 1.08. The molecule has 0 bridgehead atoms. The third-order valence-electron chi connectivity index (χ3n) is 5.65. The Balaban J connectivity index is 0.00000140. The van der Waals surface area contributed by atoms with Gasteiger partial charge >= 0.3 is 0 Å². The van der Waals surface area contributed by atoms with E-state index in [2.05, 4.69) is 33.7 Å². The number of aromatic nitrogens is 1. The molecule has 2 aliphatic heterocycles. The van der Waals surface area contributed by atoms with E-state index in [-0.39, 0.29) is 30.7 Å². The molecule has 1 aromatic heterocycles. The van der Waals surface area contributed by atoms with Gasteiger partial charge in [-0.1, -0.05) is 23.5 Å². The fourth-order valence-electron chi connectivity index (χ4n) is 4.02. The maximum Gasteiger partial charge on any atom is 0.220 e. The first-order chi connectivity index (χ1) is 12.8. The van der Waals surface area contributed by atoms with E-state index in [1.165, 1.54) is 17.5 Å². The molecule has 2 aliphatic rings. The Morgan fingerprint density at radius 2 is 1.86 bits per heavy atom. The second kappa shape index (κ2) is 11.2. The summed E-state index contributed by atoms with van der Waals surface area (Å²) in [6.45, 7) is 4.16. The van der Waals surface area contributed by atoms with Crippen LogP contribution in [-0.4, -0.2) is 43.1 Å². The third kappa shape index (κ3) is 5.96. The van der Waals surface area contributed by atoms with Crippen molar-refractivity contribution in [3.05, 3.63) is 24.3 Å². The molecule has 2 N–H and O–H groups in total. The molecule has 2 saturated heterocycles. The second-order valence-electron chi connectivity index (χ2n) is 7.53. The molecule has 0 radical (unpaired) electrons. The lowest BCUT2D eigenvalue weighted by Crippen LogP contribution is -2.44. The van der Waals surface area contributed by atoms with Crippen LogP contribution < -0.4 is 15.5 Å². The number of fused-ring (bicyclic) bond motifs is 1. The van der Waals surface area contributed by atoms with Crippen molar-refractivity contribution in [2.24, 2.45) is 5.92 Å². The number of carbonyl (C=O) groups is 1. The molecule has 0 saturated carbocycles. The number of halogens is 2. The molecule has 4 rings (SSSR count). The lowest BCUT2D eigenvalue weighted by Gasteiger charge is -2.32. The highest BCUT2D eigenvalue weighted by molar-refractivity contribution is 7.22. The van der Waals surface area contributed by atoms with Gasteiger partial charge in [-0.15, -0.1) is 24.8 Å². The van der Waals surface area contributed by atoms with Crippen molar-refractivity contribution in [2.75, 3.05) is 31.1 Å². The van der Waals surface area contributed by atoms with Crippen molar-refractivity contribution in [3.63, 3.8) is 0 Å². The molecule has 1 amide bonds. The predicted molar refractivity (Wildman–Crippen MR) is 122 cm³/mol. The second-order valence-corrected chi connectivity index (χ2v) is 8.53. The highest BCUT2D eigenvalue weighted by Gasteiger charge is 2.23. The van der Waals surface area contributed by atoms with Gasteiger partial charge in [0.25, 0.3) is 0 Å². The van der Waals surface area contributed by atoms with Crippen LogP contribution in [0.4, 0.5) is 5.13 Å². The Hall–Kier alpha value is -1.08. The van der Waals surface area contributed by atoms with Gasteiger partial charge in [0.1, 0.15) is 0 Å². The van der Waals surface area contributed by atoms with E-state index in [0.717, 1.165) is 62.0 Å². The number of amides is 1. The topological polar surface area (TPSA) is 57.3 Å². The van der Waals surface area contributed by atoms with Gasteiger partial charge in [-0.05, 0) is 63.2 Å². The highest BCUT2D eigenvalue weighted by Crippen LogP contribution is 2.30. The number of nitrogens with one attached hydrogen (secondary N) is 2. The van der Waals surface area contributed by atoms with Gasteiger partial charge in [-0.2, -0.15) is 0 Å². The van der Waals surface area contributed by atoms with Crippen LogP contribution in [0, 0.1) is 5.92 Å². The molecule has 0 aliphatic carbocycles. The van der Waals surface area contributed by atoms with Crippen molar-refractivity contribution in [1.82, 2.24) is 15.6 Å². The number of thiazole rings is 1. The summed E-state index contributed by atoms with van der Waals surface area (Å²) in [5.74, 6) is 0.963. The quantitative estimate of drug-likeness (QED) is 0.731. The minimum atomic E-state index is 0. The van der Waals surface area contributed by atoms with Crippen molar-refractivity contribution in [2.45, 2.75) is 44.6 Å². The Labute approximate surface area is 183 Å². The number of hydrogen-bond donors (Lipinski definition) is 2. The Kier molecular flexibility index (Phi) is 9.28. The van der Waals surface area contributed by atoms with E-state index in [0.29, 0.717) is 12.5 Å². The van der Waals surface area contributed by atoms with Crippen molar-refractivity contribution >= 4 is 57.4 Å². The van der Waals surface area contributed by atoms with Gasteiger partial charge in [-0.25, -0.2) is 4.98 Å². The van der Waals surface area contributed by atoms with E-state index in [1.807, 2.05) is 6.07 Å². The molecule has 1 aromatic carbocycles. The predicted octanol–water partition coefficient (Wildman–Crippen LogP) is 4.00. The molecule has 156 valence electrons. The largest absolute Gasteiger partial charge is 0.353 e. The minimum absolute atomic E-state index is 0. The number of rotatable bonds is 5. The lowest BCUT2D eigenvalue weighted by atomic mass is 9.93. The van der Waals surface area contributed by atoms with Crippen LogP contribution in [0.2, 0.25) is 0 Å². The third-order valence-corrected chi connectivity index (χ3v) is 6.75. The van der Waals surface area contributed by atoms with E-state index in [1.54, 1.807) is 11.3 Å². The summed E-state index contributed by atoms with van der Waals surface area (Å²) < 4.78 is 1.25. The monoisotopic (exact) mass is 444 g/mol. The molecule has 0 atom stereocenters. The van der Waals surface area contributed by atoms with Crippen LogP contribution in [0.25, 0.3) is 10.2 Å². The number of hydrogen-bond acceptors (Lipinski definition) is 5. The smallest absolute Gasteiger partial charge is 0.220 e. The molecule has 0 unspecified atom stereocenters. The van der Waals surface area contributed by atoms with Gasteiger partial charge in [0.2, 0.25) is 5.91 Å². The van der Waals surface area contributed by atoms with Crippen molar-refractivity contribution in [1.29, 1.82) is 0 Å². The first kappa shape index (κ1) is 23.2. The van der Waals surface area contributed by atoms with Crippen molar-refractivity contribution in [3.8, 4) is 0 Å². The van der Waals surface area contributed by atoms with Gasteiger partial charge in [0, 0.05) is 25.6 Å². The summed E-state index contributed by atoms with van der Waals surface area (Å²) in [6.07, 6.45) is 6.17. The fraction of sp³-hybridized carbons (Fsp3) is 0.600. The average molecular weight is 445 g/mol. The molecule has 0 spiro atoms. The van der Waals surface area contributed by atoms with Crippen LogP contribution in [-0.2, 0) is 4.79 Å². The Bertz CT molecular complexity index is 710. The molecule has 2 fully saturated rings. The number of anilines is 1. The molecule has 3 heterocycles. The summed E-state index contributed by atoms with van der Waals surface area (Å²) in [6, 6.07) is 8.63. The summed E-state index contributed by atoms with van der Waals surface area (Å²) in [4.78, 5) is 19.4. The van der Waals surface area contributed by atoms with Crippen LogP contribution in [0.5, 0.6) is 0 Å². The SMILES string of the molecule is Cl.Cl.O=C(CCC1CCNCC1)NC1CCN(c2nc3ccccc3s2)CC1. The van der Waals surface area contributed by atoms with Gasteiger partial charge in [0.05, 0.1) is 10.2 Å². The summed E-state index contributed by atoms with van der Waals surface area (Å²) >= 11 is 1.77. The molecular formula is C20H30Cl2N4OS. The number of para-hydroxylation sites is 1. The standard InChI is InChI=1S/C20H28N4OS.2ClH/c25-19(6-5-15-7-11-21-12-8-15)22-16-9-13-24(14-10-16)20-23-17-3-1-2-4-18(17)26-20;;/h1-4,15-16,21H,5-14H2,(H,22,25);2*1H. The Morgan fingerprint density at radius 3 is 2.57 bits per heavy atom. The van der Waals surface area contributed by atoms with E-state index in [4.69, 9.17) is 4.98 Å². The molecular weight excluding hydrogens is 415 g/mol. The number of piperidine rings is 2. The zero-order valence-electron chi connectivity index (χ0n) is 16.1. The van der Waals surface area contributed by atoms with E-state index < -0.39 is 0 Å². The summed E-state index contributed by atoms with van der Waals surface area (Å²) in [7, 11) is 0. The van der Waals surface area contributed by atoms with Crippen LogP contribution in [0.1, 0.15) is 38.5 Å². The molecule has 8 heteroatoms. The normalized spacial score (nSPS) is 18.4. The van der Waals surface area contributed by atoms with Crippen LogP contribution in [0.3, 0.4) is 0 Å². The van der Waals surface area contributed by atoms with E-state index in [9.17, 15) is 4.79 Å². The summed E-state index contributed by atoms with van der Waals surface area (Å²) in [5, 5.41) is 7.76. The highest BCUT2D eigenvalue weighted by atomic mass is 35.5. The molecule has 28 heavy (non-hydrogen) atoms. The number of nitrogens with zero attached hydrogens (tertiary/aromatic N) is 2. The minimum Gasteiger partial charge on any atom is -0.353 e. The number of benzene rings is 1. The maximum atomic E-state index is 12.3. The number of carbonyl (C=O) groups excluding carboxylic acids is 1. The van der Waals surface area contributed by atoms with E-state index >= 15 is 0 Å². The Morgan fingerprint density at radius 1 is 1.14 bits per heavy atom. The first-order valence-electron chi connectivity index (χ1n) is 9.88. The zero-order valence-corrected chi connectivity index (χ0v) is 18.5. The van der Waals surface area contributed by atoms with Crippen LogP contribution in [0.15, 0.2) is 24.3 Å². The van der Waals surface area contributed by atoms with Gasteiger partial charge < -0.3 is 15.5 Å². The van der Waals surface area contributed by atoms with Crippen molar-refractivity contribution < 1.29 is 4.79 Å². The van der Waals surface area contributed by atoms with Crippen LogP contribution >= 0.6 is 36.2 Å². The zero-order chi connectivity index (χ0) is 17.8. The maximum absolute atomic E-state index is 12.3.